The second kappa shape index (κ2) is 8.74. The number of urea groups is 1. The summed E-state index contributed by atoms with van der Waals surface area (Å²) in [6.07, 6.45) is 5.49. The van der Waals surface area contributed by atoms with E-state index in [1.807, 2.05) is 42.6 Å². The van der Waals surface area contributed by atoms with E-state index in [2.05, 4.69) is 20.2 Å². The number of ether oxygens (including phenoxy) is 2. The van der Waals surface area contributed by atoms with E-state index in [9.17, 15) is 9.18 Å². The molecule has 0 aliphatic rings. The van der Waals surface area contributed by atoms with Crippen LogP contribution >= 0.6 is 0 Å². The van der Waals surface area contributed by atoms with E-state index in [0.717, 1.165) is 22.5 Å². The molecule has 2 N–H and O–H groups in total. The molecular weight excluding hydrogens is 399 g/mol. The Bertz CT molecular complexity index is 1220. The molecule has 0 saturated heterocycles. The molecule has 0 saturated carbocycles. The molecule has 0 bridgehead atoms. The second-order valence-electron chi connectivity index (χ2n) is 6.80. The number of amides is 2. The number of hydrogen-bond acceptors (Lipinski definition) is 4. The Morgan fingerprint density at radius 1 is 1.00 bits per heavy atom. The van der Waals surface area contributed by atoms with Gasteiger partial charge in [-0.3, -0.25) is 4.98 Å². The highest BCUT2D eigenvalue weighted by atomic mass is 19.1. The molecule has 0 atom stereocenters. The van der Waals surface area contributed by atoms with Crippen molar-refractivity contribution in [2.75, 3.05) is 24.9 Å². The van der Waals surface area contributed by atoms with E-state index in [4.69, 9.17) is 9.47 Å². The molecule has 2 amide bonds. The minimum atomic E-state index is -0.603. The van der Waals surface area contributed by atoms with Crippen LogP contribution in [0.4, 0.5) is 20.6 Å². The molecule has 31 heavy (non-hydrogen) atoms. The molecule has 2 aromatic heterocycles. The van der Waals surface area contributed by atoms with E-state index in [-0.39, 0.29) is 17.2 Å². The van der Waals surface area contributed by atoms with Gasteiger partial charge in [0.05, 0.1) is 31.1 Å². The highest BCUT2D eigenvalue weighted by Crippen LogP contribution is 2.32. The third kappa shape index (κ3) is 4.28. The maximum absolute atomic E-state index is 14.1. The molecule has 4 aromatic rings. The standard InChI is InChI=1S/C23H21FN4O3/c1-30-21-13-22(31-2)19(12-17(21)24)27-23(29)26-18-4-3-5-20-16(18)8-11-28(20)14-15-6-9-25-10-7-15/h3-13H,14H2,1-2H3,(H2,26,27,29). The van der Waals surface area contributed by atoms with Crippen molar-refractivity contribution in [3.63, 3.8) is 0 Å². The van der Waals surface area contributed by atoms with Crippen LogP contribution in [-0.4, -0.2) is 29.8 Å². The van der Waals surface area contributed by atoms with Gasteiger partial charge >= 0.3 is 6.03 Å². The fraction of sp³-hybridized carbons (Fsp3) is 0.130. The molecule has 2 aromatic carbocycles. The fourth-order valence-corrected chi connectivity index (χ4v) is 3.39. The number of methoxy groups -OCH3 is 2. The van der Waals surface area contributed by atoms with E-state index in [1.165, 1.54) is 20.3 Å². The summed E-state index contributed by atoms with van der Waals surface area (Å²) in [5.41, 5.74) is 2.93. The molecule has 8 heteroatoms. The molecule has 0 radical (unpaired) electrons. The van der Waals surface area contributed by atoms with Gasteiger partial charge in [-0.05, 0) is 35.9 Å². The van der Waals surface area contributed by atoms with Gasteiger partial charge in [0, 0.05) is 42.7 Å². The average molecular weight is 420 g/mol. The Morgan fingerprint density at radius 3 is 2.48 bits per heavy atom. The summed E-state index contributed by atoms with van der Waals surface area (Å²) >= 11 is 0. The van der Waals surface area contributed by atoms with Gasteiger partial charge in [0.25, 0.3) is 0 Å². The lowest BCUT2D eigenvalue weighted by atomic mass is 10.2. The molecule has 158 valence electrons. The van der Waals surface area contributed by atoms with Crippen LogP contribution < -0.4 is 20.1 Å². The maximum Gasteiger partial charge on any atom is 0.323 e. The largest absolute Gasteiger partial charge is 0.494 e. The number of hydrogen-bond donors (Lipinski definition) is 2. The van der Waals surface area contributed by atoms with Crippen LogP contribution in [0.3, 0.4) is 0 Å². The van der Waals surface area contributed by atoms with Crippen molar-refractivity contribution < 1.29 is 18.7 Å². The van der Waals surface area contributed by atoms with Gasteiger partial charge in [-0.15, -0.1) is 0 Å². The summed E-state index contributed by atoms with van der Waals surface area (Å²) in [4.78, 5) is 16.7. The van der Waals surface area contributed by atoms with Gasteiger partial charge in [-0.2, -0.15) is 0 Å². The van der Waals surface area contributed by atoms with Crippen LogP contribution in [0.25, 0.3) is 10.9 Å². The highest BCUT2D eigenvalue weighted by Gasteiger charge is 2.15. The number of benzene rings is 2. The van der Waals surface area contributed by atoms with E-state index < -0.39 is 11.8 Å². The molecule has 7 nitrogen and oxygen atoms in total. The van der Waals surface area contributed by atoms with Gasteiger partial charge < -0.3 is 24.7 Å². The molecule has 0 aliphatic heterocycles. The summed E-state index contributed by atoms with van der Waals surface area (Å²) in [5, 5.41) is 6.34. The number of carbonyl (C=O) groups excluding carboxylic acids is 1. The number of nitrogens with zero attached hydrogens (tertiary/aromatic N) is 2. The molecule has 2 heterocycles. The Morgan fingerprint density at radius 2 is 1.74 bits per heavy atom. The SMILES string of the molecule is COc1cc(OC)c(NC(=O)Nc2cccc3c2ccn3Cc2ccncc2)cc1F. The predicted molar refractivity (Wildman–Crippen MR) is 117 cm³/mol. The Hall–Kier alpha value is -4.07. The van der Waals surface area contributed by atoms with Gasteiger partial charge in [-0.1, -0.05) is 6.07 Å². The van der Waals surface area contributed by atoms with Crippen molar-refractivity contribution >= 4 is 28.3 Å². The van der Waals surface area contributed by atoms with Crippen LogP contribution in [0.1, 0.15) is 5.56 Å². The van der Waals surface area contributed by atoms with Gasteiger partial charge in [-0.25, -0.2) is 9.18 Å². The van der Waals surface area contributed by atoms with E-state index >= 15 is 0 Å². The summed E-state index contributed by atoms with van der Waals surface area (Å²) in [5.74, 6) is -0.285. The third-order valence-electron chi connectivity index (χ3n) is 4.89. The number of fused-ring (bicyclic) bond motifs is 1. The van der Waals surface area contributed by atoms with Crippen LogP contribution in [0, 0.1) is 5.82 Å². The number of halogens is 1. The minimum Gasteiger partial charge on any atom is -0.494 e. The number of pyridine rings is 1. The van der Waals surface area contributed by atoms with Crippen LogP contribution in [0.5, 0.6) is 11.5 Å². The summed E-state index contributed by atoms with van der Waals surface area (Å²) < 4.78 is 26.3. The van der Waals surface area contributed by atoms with Crippen LogP contribution in [0.2, 0.25) is 0 Å². The van der Waals surface area contributed by atoms with Gasteiger partial charge in [0.15, 0.2) is 11.6 Å². The lowest BCUT2D eigenvalue weighted by Gasteiger charge is -2.14. The van der Waals surface area contributed by atoms with Crippen molar-refractivity contribution in [1.29, 1.82) is 0 Å². The molecule has 0 aliphatic carbocycles. The van der Waals surface area contributed by atoms with Crippen molar-refractivity contribution in [3.8, 4) is 11.5 Å². The molecule has 4 rings (SSSR count). The van der Waals surface area contributed by atoms with Crippen LogP contribution in [-0.2, 0) is 6.54 Å². The summed E-state index contributed by atoms with van der Waals surface area (Å²) in [6, 6.07) is 13.6. The third-order valence-corrected chi connectivity index (χ3v) is 4.89. The number of carbonyl (C=O) groups is 1. The number of nitrogens with one attached hydrogen (secondary N) is 2. The Labute approximate surface area is 178 Å². The first-order valence-electron chi connectivity index (χ1n) is 9.55. The van der Waals surface area contributed by atoms with E-state index in [1.54, 1.807) is 12.4 Å². The zero-order valence-electron chi connectivity index (χ0n) is 17.1. The topological polar surface area (TPSA) is 77.4 Å². The Kier molecular flexibility index (Phi) is 5.70. The lowest BCUT2D eigenvalue weighted by molar-refractivity contribution is 0.262. The summed E-state index contributed by atoms with van der Waals surface area (Å²) in [6.45, 7) is 0.685. The minimum absolute atomic E-state index is 0.0307. The number of rotatable bonds is 6. The first-order chi connectivity index (χ1) is 15.1. The highest BCUT2D eigenvalue weighted by molar-refractivity contribution is 6.06. The summed E-state index contributed by atoms with van der Waals surface area (Å²) in [7, 11) is 2.79. The smallest absolute Gasteiger partial charge is 0.323 e. The normalized spacial score (nSPS) is 10.7. The van der Waals surface area contributed by atoms with E-state index in [0.29, 0.717) is 12.2 Å². The molecule has 0 fully saturated rings. The van der Waals surface area contributed by atoms with Crippen molar-refractivity contribution in [3.05, 3.63) is 78.5 Å². The molecule has 0 spiro atoms. The monoisotopic (exact) mass is 420 g/mol. The molecular formula is C23H21FN4O3. The average Bonchev–Trinajstić information content (AvgIpc) is 3.18. The molecule has 0 unspecified atom stereocenters. The predicted octanol–water partition coefficient (Wildman–Crippen LogP) is 4.88. The van der Waals surface area contributed by atoms with Gasteiger partial charge in [0.2, 0.25) is 0 Å². The second-order valence-corrected chi connectivity index (χ2v) is 6.80. The zero-order chi connectivity index (χ0) is 21.8. The van der Waals surface area contributed by atoms with Crippen molar-refractivity contribution in [2.24, 2.45) is 0 Å². The first kappa shape index (κ1) is 20.2. The van der Waals surface area contributed by atoms with Crippen LogP contribution in [0.15, 0.2) is 67.1 Å². The van der Waals surface area contributed by atoms with Gasteiger partial charge in [0.1, 0.15) is 5.75 Å². The lowest BCUT2D eigenvalue weighted by Crippen LogP contribution is -2.20. The first-order valence-corrected chi connectivity index (χ1v) is 9.55. The Balaban J connectivity index is 1.55. The zero-order valence-corrected chi connectivity index (χ0v) is 17.1. The number of anilines is 2. The maximum atomic E-state index is 14.1. The van der Waals surface area contributed by atoms with Crippen molar-refractivity contribution in [1.82, 2.24) is 9.55 Å². The fourth-order valence-electron chi connectivity index (χ4n) is 3.39. The van der Waals surface area contributed by atoms with Crippen molar-refractivity contribution in [2.45, 2.75) is 6.54 Å². The quantitative estimate of drug-likeness (QED) is 0.466. The number of aromatic nitrogens is 2.